The molecule has 20 heavy (non-hydrogen) atoms. The van der Waals surface area contributed by atoms with E-state index in [0.717, 1.165) is 0 Å². The Hall–Kier alpha value is -2.12. The van der Waals surface area contributed by atoms with E-state index in [1.165, 1.54) is 6.92 Å². The van der Waals surface area contributed by atoms with Gasteiger partial charge >= 0.3 is 5.97 Å². The van der Waals surface area contributed by atoms with E-state index in [9.17, 15) is 19.2 Å². The first-order chi connectivity index (χ1) is 9.22. The smallest absolute Gasteiger partial charge is 0.326 e. The van der Waals surface area contributed by atoms with Crippen LogP contribution in [0.5, 0.6) is 0 Å². The third-order valence-corrected chi connectivity index (χ3v) is 2.28. The van der Waals surface area contributed by atoms with Crippen LogP contribution in [0.2, 0.25) is 0 Å². The van der Waals surface area contributed by atoms with Gasteiger partial charge in [0, 0.05) is 6.92 Å². The minimum Gasteiger partial charge on any atom is -0.480 e. The predicted molar refractivity (Wildman–Crippen MR) is 70.7 cm³/mol. The van der Waals surface area contributed by atoms with Crippen LogP contribution in [0.4, 0.5) is 0 Å². The molecule has 0 aliphatic carbocycles. The second kappa shape index (κ2) is 8.89. The molecule has 0 aromatic heterocycles. The molecule has 0 saturated carbocycles. The third-order valence-electron chi connectivity index (χ3n) is 2.28. The lowest BCUT2D eigenvalue weighted by atomic mass is 10.0. The van der Waals surface area contributed by atoms with E-state index in [1.54, 1.807) is 0 Å². The molecule has 0 aliphatic rings. The Morgan fingerprint density at radius 2 is 1.55 bits per heavy atom. The molecule has 0 bridgehead atoms. The second-order valence-corrected chi connectivity index (χ2v) is 4.77. The SMILES string of the molecule is CC(=O)NCC(=O)NCC(=O)NC(CC(C)C)C(=O)O. The zero-order valence-electron chi connectivity index (χ0n) is 11.9. The Bertz CT molecular complexity index is 381. The number of hydrogen-bond donors (Lipinski definition) is 4. The molecule has 0 aromatic rings. The topological polar surface area (TPSA) is 125 Å². The fraction of sp³-hybridized carbons (Fsp3) is 0.667. The molecule has 3 amide bonds. The summed E-state index contributed by atoms with van der Waals surface area (Å²) in [4.78, 5) is 44.2. The van der Waals surface area contributed by atoms with Crippen molar-refractivity contribution in [2.75, 3.05) is 13.1 Å². The standard InChI is InChI=1S/C12H21N3O5/c1-7(2)4-9(12(19)20)15-11(18)6-14-10(17)5-13-8(3)16/h7,9H,4-6H2,1-3H3,(H,13,16)(H,14,17)(H,15,18)(H,19,20). The quantitative estimate of drug-likeness (QED) is 0.449. The number of amides is 3. The fourth-order valence-corrected chi connectivity index (χ4v) is 1.38. The molecular formula is C12H21N3O5. The van der Waals surface area contributed by atoms with E-state index < -0.39 is 23.8 Å². The van der Waals surface area contributed by atoms with E-state index in [4.69, 9.17) is 5.11 Å². The first-order valence-corrected chi connectivity index (χ1v) is 6.25. The van der Waals surface area contributed by atoms with Crippen molar-refractivity contribution in [3.8, 4) is 0 Å². The van der Waals surface area contributed by atoms with Gasteiger partial charge in [0.1, 0.15) is 6.04 Å². The zero-order valence-corrected chi connectivity index (χ0v) is 11.9. The Morgan fingerprint density at radius 1 is 1.00 bits per heavy atom. The summed E-state index contributed by atoms with van der Waals surface area (Å²) >= 11 is 0. The molecule has 0 spiro atoms. The number of carbonyl (C=O) groups is 4. The van der Waals surface area contributed by atoms with Crippen LogP contribution >= 0.6 is 0 Å². The first kappa shape index (κ1) is 17.9. The maximum Gasteiger partial charge on any atom is 0.326 e. The average molecular weight is 287 g/mol. The van der Waals surface area contributed by atoms with Crippen molar-refractivity contribution >= 4 is 23.7 Å². The van der Waals surface area contributed by atoms with Crippen molar-refractivity contribution in [1.82, 2.24) is 16.0 Å². The Morgan fingerprint density at radius 3 is 2.00 bits per heavy atom. The molecule has 0 rings (SSSR count). The van der Waals surface area contributed by atoms with Crippen LogP contribution in [0.3, 0.4) is 0 Å². The Balaban J connectivity index is 4.10. The summed E-state index contributed by atoms with van der Waals surface area (Å²) in [7, 11) is 0. The van der Waals surface area contributed by atoms with Crippen LogP contribution < -0.4 is 16.0 Å². The van der Waals surface area contributed by atoms with Gasteiger partial charge in [0.05, 0.1) is 13.1 Å². The van der Waals surface area contributed by atoms with Crippen LogP contribution in [-0.4, -0.2) is 47.9 Å². The maximum absolute atomic E-state index is 11.5. The lowest BCUT2D eigenvalue weighted by Gasteiger charge is -2.16. The second-order valence-electron chi connectivity index (χ2n) is 4.77. The van der Waals surface area contributed by atoms with Gasteiger partial charge in [-0.2, -0.15) is 0 Å². The van der Waals surface area contributed by atoms with Crippen LogP contribution in [0.1, 0.15) is 27.2 Å². The molecule has 4 N–H and O–H groups in total. The zero-order chi connectivity index (χ0) is 15.7. The van der Waals surface area contributed by atoms with Gasteiger partial charge in [0.15, 0.2) is 0 Å². The van der Waals surface area contributed by atoms with Gasteiger partial charge in [-0.15, -0.1) is 0 Å². The maximum atomic E-state index is 11.5. The van der Waals surface area contributed by atoms with E-state index in [2.05, 4.69) is 16.0 Å². The number of carboxylic acid groups (broad SMARTS) is 1. The normalized spacial score (nSPS) is 11.6. The molecule has 114 valence electrons. The largest absolute Gasteiger partial charge is 0.480 e. The van der Waals surface area contributed by atoms with E-state index in [-0.39, 0.29) is 24.9 Å². The van der Waals surface area contributed by atoms with Gasteiger partial charge in [0.25, 0.3) is 0 Å². The van der Waals surface area contributed by atoms with Crippen LogP contribution in [0.25, 0.3) is 0 Å². The van der Waals surface area contributed by atoms with Crippen molar-refractivity contribution in [1.29, 1.82) is 0 Å². The van der Waals surface area contributed by atoms with Crippen molar-refractivity contribution < 1.29 is 24.3 Å². The minimum absolute atomic E-state index is 0.116. The highest BCUT2D eigenvalue weighted by Gasteiger charge is 2.21. The molecule has 0 saturated heterocycles. The fourth-order valence-electron chi connectivity index (χ4n) is 1.38. The molecule has 1 atom stereocenters. The average Bonchev–Trinajstić information content (AvgIpc) is 2.32. The number of carbonyl (C=O) groups excluding carboxylic acids is 3. The van der Waals surface area contributed by atoms with E-state index in [0.29, 0.717) is 6.42 Å². The third kappa shape index (κ3) is 8.90. The number of nitrogens with one attached hydrogen (secondary N) is 3. The van der Waals surface area contributed by atoms with Crippen LogP contribution in [0, 0.1) is 5.92 Å². The van der Waals surface area contributed by atoms with Gasteiger partial charge in [-0.3, -0.25) is 14.4 Å². The van der Waals surface area contributed by atoms with Crippen molar-refractivity contribution in [2.45, 2.75) is 33.2 Å². The predicted octanol–water partition coefficient (Wildman–Crippen LogP) is -1.15. The summed E-state index contributed by atoms with van der Waals surface area (Å²) in [6, 6.07) is -0.977. The van der Waals surface area contributed by atoms with Crippen LogP contribution in [-0.2, 0) is 19.2 Å². The summed E-state index contributed by atoms with van der Waals surface area (Å²) in [5, 5.41) is 15.8. The summed E-state index contributed by atoms with van der Waals surface area (Å²) in [5.74, 6) is -2.46. The number of rotatable bonds is 8. The van der Waals surface area contributed by atoms with Gasteiger partial charge < -0.3 is 21.1 Å². The highest BCUT2D eigenvalue weighted by molar-refractivity contribution is 5.89. The van der Waals surface area contributed by atoms with E-state index in [1.807, 2.05) is 13.8 Å². The van der Waals surface area contributed by atoms with E-state index >= 15 is 0 Å². The lowest BCUT2D eigenvalue weighted by Crippen LogP contribution is -2.47. The summed E-state index contributed by atoms with van der Waals surface area (Å²) in [6.07, 6.45) is 0.306. The molecule has 0 radical (unpaired) electrons. The summed E-state index contributed by atoms with van der Waals surface area (Å²) < 4.78 is 0. The van der Waals surface area contributed by atoms with Crippen molar-refractivity contribution in [2.24, 2.45) is 5.92 Å². The molecule has 0 aliphatic heterocycles. The van der Waals surface area contributed by atoms with Gasteiger partial charge in [-0.05, 0) is 12.3 Å². The Labute approximate surface area is 117 Å². The minimum atomic E-state index is -1.11. The van der Waals surface area contributed by atoms with Crippen molar-refractivity contribution in [3.05, 3.63) is 0 Å². The monoisotopic (exact) mass is 287 g/mol. The van der Waals surface area contributed by atoms with Gasteiger partial charge in [-0.25, -0.2) is 4.79 Å². The molecule has 1 unspecified atom stereocenters. The Kier molecular flexibility index (Phi) is 7.95. The number of aliphatic carboxylic acids is 1. The molecule has 0 fully saturated rings. The number of carboxylic acids is 1. The van der Waals surface area contributed by atoms with Crippen molar-refractivity contribution in [3.63, 3.8) is 0 Å². The molecular weight excluding hydrogens is 266 g/mol. The molecule has 0 aromatic carbocycles. The molecule has 8 heteroatoms. The van der Waals surface area contributed by atoms with Crippen LogP contribution in [0.15, 0.2) is 0 Å². The summed E-state index contributed by atoms with van der Waals surface area (Å²) in [5.41, 5.74) is 0. The van der Waals surface area contributed by atoms with Gasteiger partial charge in [0.2, 0.25) is 17.7 Å². The summed E-state index contributed by atoms with van der Waals surface area (Å²) in [6.45, 7) is 4.40. The molecule has 0 heterocycles. The lowest BCUT2D eigenvalue weighted by molar-refractivity contribution is -0.142. The molecule has 8 nitrogen and oxygen atoms in total. The first-order valence-electron chi connectivity index (χ1n) is 6.25. The van der Waals surface area contributed by atoms with Gasteiger partial charge in [-0.1, -0.05) is 13.8 Å². The number of hydrogen-bond acceptors (Lipinski definition) is 4. The highest BCUT2D eigenvalue weighted by Crippen LogP contribution is 2.04. The highest BCUT2D eigenvalue weighted by atomic mass is 16.4.